The molecule has 5 heteroatoms. The molecule has 1 fully saturated rings. The van der Waals surface area contributed by atoms with Crippen molar-refractivity contribution < 1.29 is 19.1 Å². The Labute approximate surface area is 121 Å². The minimum absolute atomic E-state index is 0.130. The average Bonchev–Trinajstić information content (AvgIpc) is 2.21. The fraction of sp³-hybridized carbons (Fsp3) is 0.867. The Morgan fingerprint density at radius 3 is 2.00 bits per heavy atom. The van der Waals surface area contributed by atoms with Crippen molar-refractivity contribution in [3.8, 4) is 0 Å². The molecular formula is C15H27NO4. The van der Waals surface area contributed by atoms with E-state index in [1.807, 2.05) is 13.8 Å². The van der Waals surface area contributed by atoms with Crippen LogP contribution in [0.3, 0.4) is 0 Å². The van der Waals surface area contributed by atoms with E-state index in [9.17, 15) is 9.59 Å². The third-order valence-corrected chi connectivity index (χ3v) is 4.09. The molecule has 1 aliphatic heterocycles. The third kappa shape index (κ3) is 3.32. The Balaban J connectivity index is 3.16. The van der Waals surface area contributed by atoms with Gasteiger partial charge >= 0.3 is 11.9 Å². The Bertz CT molecular complexity index is 389. The van der Waals surface area contributed by atoms with Crippen molar-refractivity contribution >= 4 is 11.9 Å². The predicted octanol–water partition coefficient (Wildman–Crippen LogP) is 2.13. The summed E-state index contributed by atoms with van der Waals surface area (Å²) in [5.41, 5.74) is -0.530. The number of nitrogens with zero attached hydrogens (tertiary/aromatic N) is 1. The number of ether oxygens (including phenoxy) is 2. The van der Waals surface area contributed by atoms with Crippen LogP contribution in [0.4, 0.5) is 0 Å². The van der Waals surface area contributed by atoms with Crippen LogP contribution in [0.25, 0.3) is 0 Å². The van der Waals surface area contributed by atoms with E-state index in [2.05, 4.69) is 25.7 Å². The number of carbonyl (C=O) groups is 2. The second kappa shape index (κ2) is 5.72. The minimum atomic E-state index is -0.461. The highest BCUT2D eigenvalue weighted by atomic mass is 16.6. The molecule has 1 heterocycles. The van der Waals surface area contributed by atoms with Gasteiger partial charge in [-0.3, -0.25) is 14.5 Å². The molecule has 20 heavy (non-hydrogen) atoms. The van der Waals surface area contributed by atoms with E-state index in [1.54, 1.807) is 0 Å². The van der Waals surface area contributed by atoms with E-state index in [0.29, 0.717) is 6.42 Å². The molecule has 0 aliphatic carbocycles. The van der Waals surface area contributed by atoms with Crippen LogP contribution in [0, 0.1) is 0 Å². The zero-order valence-corrected chi connectivity index (χ0v) is 13.6. The molecule has 0 amide bonds. The number of rotatable bonds is 3. The number of carbonyl (C=O) groups excluding carboxylic acids is 2. The van der Waals surface area contributed by atoms with Gasteiger partial charge in [-0.05, 0) is 34.2 Å². The Morgan fingerprint density at radius 1 is 1.10 bits per heavy atom. The number of hydrogen-bond acceptors (Lipinski definition) is 5. The topological polar surface area (TPSA) is 55.8 Å². The lowest BCUT2D eigenvalue weighted by Crippen LogP contribution is -2.70. The first-order chi connectivity index (χ1) is 9.02. The molecule has 2 atom stereocenters. The summed E-state index contributed by atoms with van der Waals surface area (Å²) in [6.45, 7) is 14.0. The molecular weight excluding hydrogens is 258 g/mol. The van der Waals surface area contributed by atoms with Gasteiger partial charge in [-0.2, -0.15) is 0 Å². The summed E-state index contributed by atoms with van der Waals surface area (Å²) < 4.78 is 10.9. The second-order valence-electron chi connectivity index (χ2n) is 6.59. The van der Waals surface area contributed by atoms with Crippen LogP contribution in [0.2, 0.25) is 0 Å². The molecule has 0 aromatic carbocycles. The molecule has 0 aromatic heterocycles. The third-order valence-electron chi connectivity index (χ3n) is 4.09. The van der Waals surface area contributed by atoms with Crippen LogP contribution < -0.4 is 0 Å². The molecule has 0 N–H and O–H groups in total. The summed E-state index contributed by atoms with van der Waals surface area (Å²) in [7, 11) is 0. The van der Waals surface area contributed by atoms with Crippen LogP contribution in [-0.2, 0) is 19.1 Å². The smallest absolute Gasteiger partial charge is 0.303 e. The molecule has 2 unspecified atom stereocenters. The van der Waals surface area contributed by atoms with Crippen LogP contribution in [0.15, 0.2) is 0 Å². The summed E-state index contributed by atoms with van der Waals surface area (Å²) >= 11 is 0. The van der Waals surface area contributed by atoms with Gasteiger partial charge in [0.05, 0.1) is 5.54 Å². The predicted molar refractivity (Wildman–Crippen MR) is 76.3 cm³/mol. The van der Waals surface area contributed by atoms with Gasteiger partial charge in [-0.25, -0.2) is 0 Å². The second-order valence-corrected chi connectivity index (χ2v) is 6.59. The van der Waals surface area contributed by atoms with Crippen LogP contribution in [0.1, 0.15) is 54.9 Å². The van der Waals surface area contributed by atoms with E-state index in [4.69, 9.17) is 9.47 Å². The van der Waals surface area contributed by atoms with Crippen LogP contribution in [-0.4, -0.2) is 46.7 Å². The van der Waals surface area contributed by atoms with E-state index in [1.165, 1.54) is 13.8 Å². The summed E-state index contributed by atoms with van der Waals surface area (Å²) in [5, 5.41) is 0. The Kier molecular flexibility index (Phi) is 4.85. The SMILES string of the molecule is CCN1C(C)(C)CC(OC(C)=O)C(OC(C)=O)C1(C)C. The van der Waals surface area contributed by atoms with Gasteiger partial charge < -0.3 is 9.47 Å². The molecule has 1 saturated heterocycles. The summed E-state index contributed by atoms with van der Waals surface area (Å²) in [6, 6.07) is 0. The minimum Gasteiger partial charge on any atom is -0.458 e. The fourth-order valence-electron chi connectivity index (χ4n) is 3.65. The molecule has 0 aromatic rings. The lowest BCUT2D eigenvalue weighted by Gasteiger charge is -2.57. The molecule has 0 radical (unpaired) electrons. The normalized spacial score (nSPS) is 28.8. The highest BCUT2D eigenvalue weighted by molar-refractivity contribution is 5.67. The number of likely N-dealkylation sites (tertiary alicyclic amines) is 1. The van der Waals surface area contributed by atoms with Gasteiger partial charge in [-0.1, -0.05) is 6.92 Å². The average molecular weight is 285 g/mol. The molecule has 0 spiro atoms. The maximum absolute atomic E-state index is 11.4. The first-order valence-corrected chi connectivity index (χ1v) is 7.14. The highest BCUT2D eigenvalue weighted by Crippen LogP contribution is 2.41. The van der Waals surface area contributed by atoms with Gasteiger partial charge in [0.2, 0.25) is 0 Å². The molecule has 0 saturated carbocycles. The van der Waals surface area contributed by atoms with Crippen LogP contribution in [0.5, 0.6) is 0 Å². The monoisotopic (exact) mass is 285 g/mol. The number of hydrogen-bond donors (Lipinski definition) is 0. The van der Waals surface area contributed by atoms with Crippen molar-refractivity contribution in [3.05, 3.63) is 0 Å². The lowest BCUT2D eigenvalue weighted by molar-refractivity contribution is -0.204. The van der Waals surface area contributed by atoms with Gasteiger partial charge in [-0.15, -0.1) is 0 Å². The Morgan fingerprint density at radius 2 is 1.60 bits per heavy atom. The molecule has 5 nitrogen and oxygen atoms in total. The Hall–Kier alpha value is -1.10. The summed E-state index contributed by atoms with van der Waals surface area (Å²) in [6.07, 6.45) is -0.233. The number of likely N-dealkylation sites (N-methyl/N-ethyl adjacent to an activating group) is 1. The first-order valence-electron chi connectivity index (χ1n) is 7.14. The van der Waals surface area contributed by atoms with E-state index >= 15 is 0 Å². The van der Waals surface area contributed by atoms with Crippen molar-refractivity contribution in [3.63, 3.8) is 0 Å². The molecule has 1 rings (SSSR count). The first kappa shape index (κ1) is 17.0. The van der Waals surface area contributed by atoms with Crippen molar-refractivity contribution in [1.82, 2.24) is 4.90 Å². The maximum Gasteiger partial charge on any atom is 0.303 e. The molecule has 116 valence electrons. The highest BCUT2D eigenvalue weighted by Gasteiger charge is 2.54. The molecule has 1 aliphatic rings. The molecule has 0 bridgehead atoms. The number of esters is 2. The number of piperidine rings is 1. The van der Waals surface area contributed by atoms with Gasteiger partial charge in [0, 0.05) is 25.8 Å². The largest absolute Gasteiger partial charge is 0.458 e. The van der Waals surface area contributed by atoms with Gasteiger partial charge in [0.1, 0.15) is 6.10 Å². The summed E-state index contributed by atoms with van der Waals surface area (Å²) in [5.74, 6) is -0.695. The van der Waals surface area contributed by atoms with Gasteiger partial charge in [0.15, 0.2) is 6.10 Å². The summed E-state index contributed by atoms with van der Waals surface area (Å²) in [4.78, 5) is 25.0. The fourth-order valence-corrected chi connectivity index (χ4v) is 3.65. The van der Waals surface area contributed by atoms with Crippen molar-refractivity contribution in [2.45, 2.75) is 78.2 Å². The maximum atomic E-state index is 11.4. The van der Waals surface area contributed by atoms with E-state index in [-0.39, 0.29) is 17.5 Å². The van der Waals surface area contributed by atoms with Gasteiger partial charge in [0.25, 0.3) is 0 Å². The van der Waals surface area contributed by atoms with Crippen molar-refractivity contribution in [2.24, 2.45) is 0 Å². The van der Waals surface area contributed by atoms with E-state index < -0.39 is 17.7 Å². The van der Waals surface area contributed by atoms with Crippen molar-refractivity contribution in [1.29, 1.82) is 0 Å². The standard InChI is InChI=1S/C15H27NO4/c1-8-16-14(4,5)9-12(19-10(2)17)13(15(16,6)7)20-11(3)18/h12-13H,8-9H2,1-7H3. The quantitative estimate of drug-likeness (QED) is 0.744. The zero-order chi connectivity index (χ0) is 15.7. The van der Waals surface area contributed by atoms with Crippen molar-refractivity contribution in [2.75, 3.05) is 6.54 Å². The zero-order valence-electron chi connectivity index (χ0n) is 13.6. The lowest BCUT2D eigenvalue weighted by atomic mass is 9.76. The van der Waals surface area contributed by atoms with Crippen LogP contribution >= 0.6 is 0 Å². The van der Waals surface area contributed by atoms with E-state index in [0.717, 1.165) is 6.54 Å².